The van der Waals surface area contributed by atoms with Crippen LogP contribution in [0.25, 0.3) is 0 Å². The molecule has 8 heteroatoms. The van der Waals surface area contributed by atoms with Gasteiger partial charge in [-0.3, -0.25) is 0 Å². The normalized spacial score (nSPS) is 10.7. The van der Waals surface area contributed by atoms with Crippen LogP contribution in [0.4, 0.5) is 5.95 Å². The molecule has 1 heterocycles. The van der Waals surface area contributed by atoms with E-state index in [0.717, 1.165) is 30.5 Å². The van der Waals surface area contributed by atoms with Gasteiger partial charge in [-0.2, -0.15) is 0 Å². The van der Waals surface area contributed by atoms with E-state index < -0.39 is 0 Å². The van der Waals surface area contributed by atoms with E-state index in [4.69, 9.17) is 21.1 Å². The van der Waals surface area contributed by atoms with Crippen LogP contribution < -0.4 is 14.8 Å². The molecule has 0 spiro atoms. The molecule has 0 saturated heterocycles. The summed E-state index contributed by atoms with van der Waals surface area (Å²) >= 11 is 6.02. The Morgan fingerprint density at radius 2 is 2.00 bits per heavy atom. The Morgan fingerprint density at radius 1 is 1.11 bits per heavy atom. The largest absolute Gasteiger partial charge is 0.493 e. The average molecular weight is 402 g/mol. The maximum Gasteiger partial charge on any atom is 0.243 e. The van der Waals surface area contributed by atoms with Crippen molar-refractivity contribution >= 4 is 17.5 Å². The molecule has 0 unspecified atom stereocenters. The number of rotatable bonds is 10. The number of aryl methyl sites for hydroxylation is 1. The molecule has 0 bridgehead atoms. The van der Waals surface area contributed by atoms with Crippen LogP contribution in [0.5, 0.6) is 11.5 Å². The SMILES string of the molecule is CCCCn1nnnc1NCc1ccc(OCc2cccc(Cl)c2)c(OC)c1. The summed E-state index contributed by atoms with van der Waals surface area (Å²) in [5.74, 6) is 2.01. The Morgan fingerprint density at radius 3 is 2.79 bits per heavy atom. The molecule has 0 aliphatic heterocycles. The van der Waals surface area contributed by atoms with E-state index in [2.05, 4.69) is 27.8 Å². The summed E-state index contributed by atoms with van der Waals surface area (Å²) in [5.41, 5.74) is 2.04. The lowest BCUT2D eigenvalue weighted by atomic mass is 10.2. The van der Waals surface area contributed by atoms with Crippen molar-refractivity contribution in [1.82, 2.24) is 20.2 Å². The molecular formula is C20H24ClN5O2. The van der Waals surface area contributed by atoms with E-state index in [1.807, 2.05) is 42.5 Å². The fraction of sp³-hybridized carbons (Fsp3) is 0.350. The fourth-order valence-electron chi connectivity index (χ4n) is 2.70. The van der Waals surface area contributed by atoms with Gasteiger partial charge < -0.3 is 14.8 Å². The van der Waals surface area contributed by atoms with Crippen LogP contribution in [-0.4, -0.2) is 27.3 Å². The van der Waals surface area contributed by atoms with E-state index in [0.29, 0.717) is 35.6 Å². The van der Waals surface area contributed by atoms with Crippen LogP contribution in [-0.2, 0) is 19.7 Å². The lowest BCUT2D eigenvalue weighted by Crippen LogP contribution is -2.09. The van der Waals surface area contributed by atoms with Crippen molar-refractivity contribution in [3.63, 3.8) is 0 Å². The molecule has 148 valence electrons. The molecule has 1 N–H and O–H groups in total. The van der Waals surface area contributed by atoms with Crippen molar-refractivity contribution in [1.29, 1.82) is 0 Å². The van der Waals surface area contributed by atoms with E-state index in [1.54, 1.807) is 11.8 Å². The van der Waals surface area contributed by atoms with Crippen molar-refractivity contribution in [2.24, 2.45) is 0 Å². The first-order chi connectivity index (χ1) is 13.7. The van der Waals surface area contributed by atoms with E-state index in [-0.39, 0.29) is 0 Å². The number of methoxy groups -OCH3 is 1. The second-order valence-electron chi connectivity index (χ2n) is 6.34. The average Bonchev–Trinajstić information content (AvgIpc) is 3.16. The number of anilines is 1. The minimum atomic E-state index is 0.417. The molecule has 3 rings (SSSR count). The first-order valence-electron chi connectivity index (χ1n) is 9.23. The van der Waals surface area contributed by atoms with Gasteiger partial charge in [0.25, 0.3) is 0 Å². The van der Waals surface area contributed by atoms with Crippen molar-refractivity contribution in [3.05, 3.63) is 58.6 Å². The van der Waals surface area contributed by atoms with Gasteiger partial charge in [-0.05, 0) is 52.2 Å². The molecule has 0 radical (unpaired) electrons. The van der Waals surface area contributed by atoms with E-state index in [1.165, 1.54) is 0 Å². The van der Waals surface area contributed by atoms with Crippen LogP contribution in [0.15, 0.2) is 42.5 Å². The topological polar surface area (TPSA) is 74.1 Å². The Balaban J connectivity index is 1.62. The van der Waals surface area contributed by atoms with Gasteiger partial charge in [-0.1, -0.05) is 48.2 Å². The first kappa shape index (κ1) is 19.9. The Kier molecular flexibility index (Phi) is 7.08. The van der Waals surface area contributed by atoms with Gasteiger partial charge in [0.1, 0.15) is 6.61 Å². The quantitative estimate of drug-likeness (QED) is 0.545. The van der Waals surface area contributed by atoms with E-state index >= 15 is 0 Å². The van der Waals surface area contributed by atoms with Crippen LogP contribution >= 0.6 is 11.6 Å². The minimum absolute atomic E-state index is 0.417. The van der Waals surface area contributed by atoms with Gasteiger partial charge in [0.2, 0.25) is 5.95 Å². The third-order valence-corrected chi connectivity index (χ3v) is 4.45. The summed E-state index contributed by atoms with van der Waals surface area (Å²) in [7, 11) is 1.63. The Labute approximate surface area is 169 Å². The van der Waals surface area contributed by atoms with Gasteiger partial charge in [-0.25, -0.2) is 4.68 Å². The van der Waals surface area contributed by atoms with Crippen molar-refractivity contribution in [2.45, 2.75) is 39.5 Å². The van der Waals surface area contributed by atoms with Gasteiger partial charge >= 0.3 is 0 Å². The van der Waals surface area contributed by atoms with Gasteiger partial charge in [0.15, 0.2) is 11.5 Å². The summed E-state index contributed by atoms with van der Waals surface area (Å²) in [6.07, 6.45) is 2.12. The highest BCUT2D eigenvalue weighted by atomic mass is 35.5. The zero-order chi connectivity index (χ0) is 19.8. The molecule has 0 saturated carbocycles. The smallest absolute Gasteiger partial charge is 0.243 e. The van der Waals surface area contributed by atoms with Gasteiger partial charge in [0.05, 0.1) is 7.11 Å². The van der Waals surface area contributed by atoms with Crippen LogP contribution in [0.3, 0.4) is 0 Å². The zero-order valence-corrected chi connectivity index (χ0v) is 16.8. The molecule has 2 aromatic carbocycles. The summed E-state index contributed by atoms with van der Waals surface area (Å²) in [6, 6.07) is 13.4. The predicted octanol–water partition coefficient (Wildman–Crippen LogP) is 4.33. The number of ether oxygens (including phenoxy) is 2. The Hall–Kier alpha value is -2.80. The third kappa shape index (κ3) is 5.36. The van der Waals surface area contributed by atoms with Crippen LogP contribution in [0.1, 0.15) is 30.9 Å². The number of nitrogens with zero attached hydrogens (tertiary/aromatic N) is 4. The maximum atomic E-state index is 6.02. The number of hydrogen-bond acceptors (Lipinski definition) is 6. The maximum absolute atomic E-state index is 6.02. The molecule has 3 aromatic rings. The number of tetrazole rings is 1. The minimum Gasteiger partial charge on any atom is -0.493 e. The lowest BCUT2D eigenvalue weighted by Gasteiger charge is -2.13. The molecule has 7 nitrogen and oxygen atoms in total. The Bertz CT molecular complexity index is 900. The molecule has 0 atom stereocenters. The van der Waals surface area contributed by atoms with Crippen molar-refractivity contribution < 1.29 is 9.47 Å². The number of unbranched alkanes of at least 4 members (excludes halogenated alkanes) is 1. The molecule has 1 aromatic heterocycles. The lowest BCUT2D eigenvalue weighted by molar-refractivity contribution is 0.284. The second-order valence-corrected chi connectivity index (χ2v) is 6.77. The van der Waals surface area contributed by atoms with E-state index in [9.17, 15) is 0 Å². The summed E-state index contributed by atoms with van der Waals surface area (Å²) in [6.45, 7) is 3.93. The van der Waals surface area contributed by atoms with Crippen molar-refractivity contribution in [3.8, 4) is 11.5 Å². The highest BCUT2D eigenvalue weighted by Gasteiger charge is 2.09. The van der Waals surface area contributed by atoms with Gasteiger partial charge in [-0.15, -0.1) is 0 Å². The number of benzene rings is 2. The molecule has 28 heavy (non-hydrogen) atoms. The molecule has 0 aliphatic rings. The number of hydrogen-bond donors (Lipinski definition) is 1. The molecule has 0 fully saturated rings. The standard InChI is InChI=1S/C20H24ClN5O2/c1-3-4-10-26-20(23-24-25-26)22-13-15-8-9-18(19(12-15)27-2)28-14-16-6-5-7-17(21)11-16/h5-9,11-12H,3-4,10,13-14H2,1-2H3,(H,22,23,25). The monoisotopic (exact) mass is 401 g/mol. The van der Waals surface area contributed by atoms with Crippen LogP contribution in [0, 0.1) is 0 Å². The molecular weight excluding hydrogens is 378 g/mol. The second kappa shape index (κ2) is 9.94. The van der Waals surface area contributed by atoms with Crippen LogP contribution in [0.2, 0.25) is 5.02 Å². The fourth-order valence-corrected chi connectivity index (χ4v) is 2.91. The number of halogens is 1. The summed E-state index contributed by atoms with van der Waals surface area (Å²) in [5, 5.41) is 15.8. The van der Waals surface area contributed by atoms with Crippen molar-refractivity contribution in [2.75, 3.05) is 12.4 Å². The zero-order valence-electron chi connectivity index (χ0n) is 16.1. The number of nitrogens with one attached hydrogen (secondary N) is 1. The molecule has 0 aliphatic carbocycles. The predicted molar refractivity (Wildman–Crippen MR) is 109 cm³/mol. The molecule has 0 amide bonds. The first-order valence-corrected chi connectivity index (χ1v) is 9.61. The highest BCUT2D eigenvalue weighted by Crippen LogP contribution is 2.29. The number of aromatic nitrogens is 4. The summed E-state index contributed by atoms with van der Waals surface area (Å²) < 4.78 is 13.2. The highest BCUT2D eigenvalue weighted by molar-refractivity contribution is 6.30. The van der Waals surface area contributed by atoms with Gasteiger partial charge in [0, 0.05) is 18.1 Å². The third-order valence-electron chi connectivity index (χ3n) is 4.22. The summed E-state index contributed by atoms with van der Waals surface area (Å²) in [4.78, 5) is 0.